The van der Waals surface area contributed by atoms with E-state index in [9.17, 15) is 9.59 Å². The Bertz CT molecular complexity index is 562. The Morgan fingerprint density at radius 3 is 2.57 bits per heavy atom. The summed E-state index contributed by atoms with van der Waals surface area (Å²) in [7, 11) is 0. The van der Waals surface area contributed by atoms with Crippen LogP contribution < -0.4 is 0 Å². The van der Waals surface area contributed by atoms with Gasteiger partial charge in [0.25, 0.3) is 5.91 Å². The standard InChI is InChI=1S/C17H26N2O3S/c1-11(2)10-19(9-8-14(20)21)17(22)15-12(3)18-16(23-15)13-6-4-5-7-13/h11,13H,4-10H2,1-3H3,(H,20,21). The highest BCUT2D eigenvalue weighted by molar-refractivity contribution is 7.13. The van der Waals surface area contributed by atoms with Crippen molar-refractivity contribution in [1.82, 2.24) is 9.88 Å². The van der Waals surface area contributed by atoms with E-state index in [2.05, 4.69) is 4.98 Å². The first-order valence-electron chi connectivity index (χ1n) is 8.37. The predicted molar refractivity (Wildman–Crippen MR) is 91.1 cm³/mol. The molecule has 0 aliphatic heterocycles. The molecule has 1 aliphatic carbocycles. The molecule has 5 nitrogen and oxygen atoms in total. The minimum absolute atomic E-state index is 0.0220. The lowest BCUT2D eigenvalue weighted by Gasteiger charge is -2.23. The highest BCUT2D eigenvalue weighted by Gasteiger charge is 2.26. The molecule has 6 heteroatoms. The minimum Gasteiger partial charge on any atom is -0.481 e. The van der Waals surface area contributed by atoms with E-state index in [1.54, 1.807) is 4.90 Å². The highest BCUT2D eigenvalue weighted by atomic mass is 32.1. The molecule has 23 heavy (non-hydrogen) atoms. The SMILES string of the molecule is Cc1nc(C2CCCC2)sc1C(=O)N(CCC(=O)O)CC(C)C. The second kappa shape index (κ2) is 7.90. The van der Waals surface area contributed by atoms with Crippen molar-refractivity contribution < 1.29 is 14.7 Å². The van der Waals surface area contributed by atoms with Crippen molar-refractivity contribution in [3.63, 3.8) is 0 Å². The summed E-state index contributed by atoms with van der Waals surface area (Å²) in [6, 6.07) is 0. The van der Waals surface area contributed by atoms with Crippen LogP contribution >= 0.6 is 11.3 Å². The monoisotopic (exact) mass is 338 g/mol. The fourth-order valence-electron chi connectivity index (χ4n) is 3.05. The maximum absolute atomic E-state index is 12.8. The molecular weight excluding hydrogens is 312 g/mol. The van der Waals surface area contributed by atoms with Gasteiger partial charge in [-0.15, -0.1) is 11.3 Å². The summed E-state index contributed by atoms with van der Waals surface area (Å²) >= 11 is 1.50. The molecular formula is C17H26N2O3S. The Kier molecular flexibility index (Phi) is 6.16. The molecule has 0 unspecified atom stereocenters. The third-order valence-corrected chi connectivity index (χ3v) is 5.49. The number of aliphatic carboxylic acids is 1. The number of thiazole rings is 1. The number of carbonyl (C=O) groups excluding carboxylic acids is 1. The van der Waals surface area contributed by atoms with E-state index in [0.717, 1.165) is 23.5 Å². The Morgan fingerprint density at radius 1 is 1.35 bits per heavy atom. The molecule has 128 valence electrons. The molecule has 1 aliphatic rings. The van der Waals surface area contributed by atoms with Crippen molar-refractivity contribution in [3.05, 3.63) is 15.6 Å². The Morgan fingerprint density at radius 2 is 2.00 bits per heavy atom. The highest BCUT2D eigenvalue weighted by Crippen LogP contribution is 2.37. The smallest absolute Gasteiger partial charge is 0.305 e. The van der Waals surface area contributed by atoms with Crippen LogP contribution in [0.25, 0.3) is 0 Å². The molecule has 1 aromatic rings. The van der Waals surface area contributed by atoms with E-state index in [1.165, 1.54) is 24.2 Å². The first-order chi connectivity index (χ1) is 10.9. The van der Waals surface area contributed by atoms with Gasteiger partial charge in [0.15, 0.2) is 0 Å². The van der Waals surface area contributed by atoms with Gasteiger partial charge >= 0.3 is 5.97 Å². The van der Waals surface area contributed by atoms with Crippen molar-refractivity contribution in [1.29, 1.82) is 0 Å². The molecule has 0 spiro atoms. The number of nitrogens with zero attached hydrogens (tertiary/aromatic N) is 2. The Labute approximate surface area is 141 Å². The van der Waals surface area contributed by atoms with Crippen LogP contribution in [0.1, 0.15) is 72.2 Å². The van der Waals surface area contributed by atoms with Gasteiger partial charge in [0.2, 0.25) is 0 Å². The number of hydrogen-bond acceptors (Lipinski definition) is 4. The number of amides is 1. The summed E-state index contributed by atoms with van der Waals surface area (Å²) in [5.41, 5.74) is 0.783. The number of aryl methyl sites for hydroxylation is 1. The quantitative estimate of drug-likeness (QED) is 0.823. The maximum Gasteiger partial charge on any atom is 0.305 e. The first-order valence-corrected chi connectivity index (χ1v) is 9.18. The second-order valence-electron chi connectivity index (χ2n) is 6.74. The summed E-state index contributed by atoms with van der Waals surface area (Å²) in [5.74, 6) is -0.147. The topological polar surface area (TPSA) is 70.5 Å². The van der Waals surface area contributed by atoms with Gasteiger partial charge in [0, 0.05) is 19.0 Å². The summed E-state index contributed by atoms with van der Waals surface area (Å²) in [4.78, 5) is 30.7. The summed E-state index contributed by atoms with van der Waals surface area (Å²) in [6.07, 6.45) is 4.78. The van der Waals surface area contributed by atoms with Gasteiger partial charge in [-0.2, -0.15) is 0 Å². The van der Waals surface area contributed by atoms with Crippen molar-refractivity contribution >= 4 is 23.2 Å². The summed E-state index contributed by atoms with van der Waals surface area (Å²) in [5, 5.41) is 9.98. The van der Waals surface area contributed by atoms with Crippen LogP contribution in [0.15, 0.2) is 0 Å². The van der Waals surface area contributed by atoms with Crippen molar-refractivity contribution in [2.24, 2.45) is 5.92 Å². The molecule has 1 heterocycles. The minimum atomic E-state index is -0.876. The van der Waals surface area contributed by atoms with Crippen LogP contribution in [-0.2, 0) is 4.79 Å². The molecule has 0 saturated heterocycles. The zero-order valence-corrected chi connectivity index (χ0v) is 15.0. The first kappa shape index (κ1) is 17.9. The van der Waals surface area contributed by atoms with E-state index < -0.39 is 5.97 Å². The molecule has 1 aromatic heterocycles. The lowest BCUT2D eigenvalue weighted by atomic mass is 10.1. The zero-order chi connectivity index (χ0) is 17.0. The molecule has 2 rings (SSSR count). The molecule has 1 amide bonds. The van der Waals surface area contributed by atoms with Gasteiger partial charge in [0.1, 0.15) is 4.88 Å². The van der Waals surface area contributed by atoms with Crippen LogP contribution in [0, 0.1) is 12.8 Å². The van der Waals surface area contributed by atoms with Crippen LogP contribution in [-0.4, -0.2) is 40.0 Å². The number of hydrogen-bond donors (Lipinski definition) is 1. The molecule has 0 atom stereocenters. The Hall–Kier alpha value is -1.43. The number of aromatic nitrogens is 1. The second-order valence-corrected chi connectivity index (χ2v) is 7.77. The van der Waals surface area contributed by atoms with E-state index in [0.29, 0.717) is 23.3 Å². The zero-order valence-electron chi connectivity index (χ0n) is 14.2. The molecule has 1 fully saturated rings. The molecule has 0 bridgehead atoms. The molecule has 1 N–H and O–H groups in total. The average Bonchev–Trinajstić information content (AvgIpc) is 3.11. The summed E-state index contributed by atoms with van der Waals surface area (Å²) in [6.45, 7) is 6.77. The average molecular weight is 338 g/mol. The molecule has 1 saturated carbocycles. The van der Waals surface area contributed by atoms with Gasteiger partial charge in [-0.3, -0.25) is 9.59 Å². The number of carboxylic acids is 1. The van der Waals surface area contributed by atoms with E-state index >= 15 is 0 Å². The van der Waals surface area contributed by atoms with Crippen LogP contribution in [0.3, 0.4) is 0 Å². The normalized spacial score (nSPS) is 15.3. The Balaban J connectivity index is 2.15. The van der Waals surface area contributed by atoms with Crippen molar-refractivity contribution in [2.45, 2.75) is 58.8 Å². The lowest BCUT2D eigenvalue weighted by Crippen LogP contribution is -2.35. The summed E-state index contributed by atoms with van der Waals surface area (Å²) < 4.78 is 0. The van der Waals surface area contributed by atoms with Crippen LogP contribution in [0.4, 0.5) is 0 Å². The molecule has 0 radical (unpaired) electrons. The van der Waals surface area contributed by atoms with Gasteiger partial charge in [-0.1, -0.05) is 26.7 Å². The largest absolute Gasteiger partial charge is 0.481 e. The van der Waals surface area contributed by atoms with E-state index in [4.69, 9.17) is 5.11 Å². The predicted octanol–water partition coefficient (Wildman–Crippen LogP) is 3.68. The van der Waals surface area contributed by atoms with Crippen LogP contribution in [0.5, 0.6) is 0 Å². The van der Waals surface area contributed by atoms with Gasteiger partial charge in [-0.25, -0.2) is 4.98 Å². The lowest BCUT2D eigenvalue weighted by molar-refractivity contribution is -0.137. The fraction of sp³-hybridized carbons (Fsp3) is 0.706. The van der Waals surface area contributed by atoms with Gasteiger partial charge < -0.3 is 10.0 Å². The van der Waals surface area contributed by atoms with Gasteiger partial charge in [-0.05, 0) is 25.7 Å². The third kappa shape index (κ3) is 4.77. The molecule has 0 aromatic carbocycles. The van der Waals surface area contributed by atoms with E-state index in [-0.39, 0.29) is 18.9 Å². The number of carbonyl (C=O) groups is 2. The van der Waals surface area contributed by atoms with E-state index in [1.807, 2.05) is 20.8 Å². The maximum atomic E-state index is 12.8. The van der Waals surface area contributed by atoms with Crippen molar-refractivity contribution in [3.8, 4) is 0 Å². The fourth-order valence-corrected chi connectivity index (χ4v) is 4.26. The van der Waals surface area contributed by atoms with Gasteiger partial charge in [0.05, 0.1) is 17.1 Å². The third-order valence-electron chi connectivity index (χ3n) is 4.18. The number of rotatable bonds is 7. The van der Waals surface area contributed by atoms with Crippen molar-refractivity contribution in [2.75, 3.05) is 13.1 Å². The van der Waals surface area contributed by atoms with Crippen LogP contribution in [0.2, 0.25) is 0 Å². The number of carboxylic acid groups (broad SMARTS) is 1.